The lowest BCUT2D eigenvalue weighted by Crippen LogP contribution is -2.39. The summed E-state index contributed by atoms with van der Waals surface area (Å²) in [5.74, 6) is -0.791. The van der Waals surface area contributed by atoms with Crippen LogP contribution in [0.2, 0.25) is 0 Å². The van der Waals surface area contributed by atoms with Crippen LogP contribution in [0.3, 0.4) is 0 Å². The summed E-state index contributed by atoms with van der Waals surface area (Å²) in [6.07, 6.45) is 2.61. The number of rotatable bonds is 4. The average molecular weight is 357 g/mol. The Bertz CT molecular complexity index is 890. The number of halogens is 1. The number of benzene rings is 1. The van der Waals surface area contributed by atoms with Crippen molar-refractivity contribution in [1.82, 2.24) is 14.8 Å². The Morgan fingerprint density at radius 1 is 1.19 bits per heavy atom. The number of carbonyl (C=O) groups is 2. The molecule has 2 aromatic rings. The molecular weight excluding hydrogens is 337 g/mol. The molecule has 1 aliphatic rings. The molecule has 3 rings (SSSR count). The second-order valence-electron chi connectivity index (χ2n) is 6.35. The maximum absolute atomic E-state index is 12.9. The number of hydrogen-bond donors (Lipinski definition) is 1. The molecule has 26 heavy (non-hydrogen) atoms. The van der Waals surface area contributed by atoms with E-state index < -0.39 is 5.82 Å². The monoisotopic (exact) mass is 357 g/mol. The first kappa shape index (κ1) is 17.8. The molecule has 0 saturated carbocycles. The second kappa shape index (κ2) is 7.51. The van der Waals surface area contributed by atoms with E-state index >= 15 is 0 Å². The number of amides is 2. The molecular formula is C19H20FN3O3. The van der Waals surface area contributed by atoms with E-state index in [1.165, 1.54) is 28.8 Å². The maximum atomic E-state index is 12.9. The molecule has 1 aromatic carbocycles. The van der Waals surface area contributed by atoms with Gasteiger partial charge < -0.3 is 14.8 Å². The van der Waals surface area contributed by atoms with Gasteiger partial charge in [-0.1, -0.05) is 0 Å². The minimum absolute atomic E-state index is 0.0490. The maximum Gasteiger partial charge on any atom is 0.251 e. The highest BCUT2D eigenvalue weighted by Crippen LogP contribution is 2.17. The highest BCUT2D eigenvalue weighted by molar-refractivity contribution is 5.94. The van der Waals surface area contributed by atoms with Gasteiger partial charge in [-0.25, -0.2) is 4.39 Å². The van der Waals surface area contributed by atoms with Gasteiger partial charge >= 0.3 is 0 Å². The first-order chi connectivity index (χ1) is 12.4. The molecule has 6 nitrogen and oxygen atoms in total. The van der Waals surface area contributed by atoms with Crippen molar-refractivity contribution >= 4 is 11.8 Å². The Balaban J connectivity index is 1.52. The molecule has 0 spiro atoms. The standard InChI is InChI=1S/C19H20FN3O3/c1-22-11-15-12-23(9-7-14(15)10-18(22)25)17(24)6-8-21-19(26)13-2-4-16(20)5-3-13/h2-5,10-11H,6-9,12H2,1H3,(H,21,26). The predicted molar refractivity (Wildman–Crippen MR) is 94.2 cm³/mol. The smallest absolute Gasteiger partial charge is 0.251 e. The van der Waals surface area contributed by atoms with E-state index in [0.717, 1.165) is 11.1 Å². The van der Waals surface area contributed by atoms with Gasteiger partial charge in [0.2, 0.25) is 5.91 Å². The minimum Gasteiger partial charge on any atom is -0.352 e. The van der Waals surface area contributed by atoms with E-state index in [4.69, 9.17) is 0 Å². The van der Waals surface area contributed by atoms with Crippen molar-refractivity contribution in [1.29, 1.82) is 0 Å². The number of carbonyl (C=O) groups excluding carboxylic acids is 2. The SMILES string of the molecule is Cn1cc2c(cc1=O)CCN(C(=O)CCNC(=O)c1ccc(F)cc1)C2. The number of aromatic nitrogens is 1. The van der Waals surface area contributed by atoms with Crippen LogP contribution >= 0.6 is 0 Å². The zero-order valence-corrected chi connectivity index (χ0v) is 14.5. The molecule has 0 radical (unpaired) electrons. The molecule has 0 saturated heterocycles. The lowest BCUT2D eigenvalue weighted by Gasteiger charge is -2.29. The third-order valence-corrected chi connectivity index (χ3v) is 4.50. The van der Waals surface area contributed by atoms with E-state index in [9.17, 15) is 18.8 Å². The van der Waals surface area contributed by atoms with Gasteiger partial charge in [-0.05, 0) is 41.8 Å². The molecule has 2 amide bonds. The Morgan fingerprint density at radius 2 is 1.92 bits per heavy atom. The molecule has 0 unspecified atom stereocenters. The van der Waals surface area contributed by atoms with E-state index in [2.05, 4.69) is 5.32 Å². The summed E-state index contributed by atoms with van der Waals surface area (Å²) >= 11 is 0. The van der Waals surface area contributed by atoms with Gasteiger partial charge in [-0.2, -0.15) is 0 Å². The van der Waals surface area contributed by atoms with Crippen molar-refractivity contribution in [2.24, 2.45) is 7.05 Å². The van der Waals surface area contributed by atoms with E-state index in [1.54, 1.807) is 24.2 Å². The van der Waals surface area contributed by atoms with E-state index in [-0.39, 0.29) is 30.3 Å². The number of pyridine rings is 1. The summed E-state index contributed by atoms with van der Waals surface area (Å²) in [5, 5.41) is 2.67. The number of hydrogen-bond acceptors (Lipinski definition) is 3. The van der Waals surface area contributed by atoms with E-state index in [1.807, 2.05) is 0 Å². The molecule has 1 aromatic heterocycles. The number of aryl methyl sites for hydroxylation is 1. The van der Waals surface area contributed by atoms with Crippen molar-refractivity contribution < 1.29 is 14.0 Å². The van der Waals surface area contributed by atoms with Gasteiger partial charge in [0.1, 0.15) is 5.82 Å². The van der Waals surface area contributed by atoms with Crippen LogP contribution in [-0.4, -0.2) is 34.4 Å². The molecule has 136 valence electrons. The Morgan fingerprint density at radius 3 is 2.65 bits per heavy atom. The summed E-state index contributed by atoms with van der Waals surface area (Å²) in [6.45, 7) is 1.24. The van der Waals surface area contributed by atoms with Gasteiger partial charge in [0.25, 0.3) is 11.5 Å². The van der Waals surface area contributed by atoms with Crippen molar-refractivity contribution in [2.45, 2.75) is 19.4 Å². The van der Waals surface area contributed by atoms with Crippen molar-refractivity contribution in [3.05, 3.63) is 69.4 Å². The Kier molecular flexibility index (Phi) is 5.16. The van der Waals surface area contributed by atoms with Crippen LogP contribution in [0.15, 0.2) is 41.3 Å². The topological polar surface area (TPSA) is 71.4 Å². The number of nitrogens with one attached hydrogen (secondary N) is 1. The minimum atomic E-state index is -0.403. The number of nitrogens with zero attached hydrogens (tertiary/aromatic N) is 2. The average Bonchev–Trinajstić information content (AvgIpc) is 2.62. The van der Waals surface area contributed by atoms with Gasteiger partial charge in [0, 0.05) is 50.9 Å². The Hall–Kier alpha value is -2.96. The van der Waals surface area contributed by atoms with Crippen LogP contribution in [0.5, 0.6) is 0 Å². The van der Waals surface area contributed by atoms with Crippen LogP contribution in [0, 0.1) is 5.82 Å². The fourth-order valence-corrected chi connectivity index (χ4v) is 3.00. The zero-order valence-electron chi connectivity index (χ0n) is 14.5. The van der Waals surface area contributed by atoms with Gasteiger partial charge in [0.15, 0.2) is 0 Å². The normalized spacial score (nSPS) is 13.2. The van der Waals surface area contributed by atoms with Crippen LogP contribution in [-0.2, 0) is 24.8 Å². The molecule has 1 N–H and O–H groups in total. The highest BCUT2D eigenvalue weighted by atomic mass is 19.1. The summed E-state index contributed by atoms with van der Waals surface area (Å²) in [4.78, 5) is 37.7. The van der Waals surface area contributed by atoms with Crippen LogP contribution in [0.25, 0.3) is 0 Å². The largest absolute Gasteiger partial charge is 0.352 e. The first-order valence-electron chi connectivity index (χ1n) is 8.44. The second-order valence-corrected chi connectivity index (χ2v) is 6.35. The summed E-state index contributed by atoms with van der Waals surface area (Å²) in [7, 11) is 1.69. The van der Waals surface area contributed by atoms with Crippen molar-refractivity contribution in [2.75, 3.05) is 13.1 Å². The summed E-state index contributed by atoms with van der Waals surface area (Å²) in [5.41, 5.74) is 2.27. The molecule has 0 atom stereocenters. The van der Waals surface area contributed by atoms with Crippen molar-refractivity contribution in [3.63, 3.8) is 0 Å². The van der Waals surface area contributed by atoms with Gasteiger partial charge in [0.05, 0.1) is 0 Å². The number of fused-ring (bicyclic) bond motifs is 1. The van der Waals surface area contributed by atoms with Crippen LogP contribution in [0.1, 0.15) is 27.9 Å². The third-order valence-electron chi connectivity index (χ3n) is 4.50. The molecule has 0 fully saturated rings. The highest BCUT2D eigenvalue weighted by Gasteiger charge is 2.21. The molecule has 0 aliphatic carbocycles. The van der Waals surface area contributed by atoms with Crippen LogP contribution < -0.4 is 10.9 Å². The van der Waals surface area contributed by atoms with Crippen molar-refractivity contribution in [3.8, 4) is 0 Å². The van der Waals surface area contributed by atoms with Gasteiger partial charge in [-0.15, -0.1) is 0 Å². The lowest BCUT2D eigenvalue weighted by molar-refractivity contribution is -0.131. The molecule has 0 bridgehead atoms. The fourth-order valence-electron chi connectivity index (χ4n) is 3.00. The van der Waals surface area contributed by atoms with Crippen LogP contribution in [0.4, 0.5) is 4.39 Å². The summed E-state index contributed by atoms with van der Waals surface area (Å²) < 4.78 is 14.4. The zero-order chi connectivity index (χ0) is 18.7. The third kappa shape index (κ3) is 3.99. The lowest BCUT2D eigenvalue weighted by atomic mass is 10.0. The molecule has 7 heteroatoms. The Labute approximate surface area is 150 Å². The fraction of sp³-hybridized carbons (Fsp3) is 0.316. The van der Waals surface area contributed by atoms with Gasteiger partial charge in [-0.3, -0.25) is 14.4 Å². The van der Waals surface area contributed by atoms with E-state index in [0.29, 0.717) is 25.1 Å². The first-order valence-corrected chi connectivity index (χ1v) is 8.44. The molecule has 1 aliphatic heterocycles. The summed E-state index contributed by atoms with van der Waals surface area (Å²) in [6, 6.07) is 6.87. The molecule has 2 heterocycles. The quantitative estimate of drug-likeness (QED) is 0.895. The predicted octanol–water partition coefficient (Wildman–Crippen LogP) is 1.23.